The second-order valence-electron chi connectivity index (χ2n) is 5.25. The topological polar surface area (TPSA) is 85.1 Å². The molecule has 0 saturated carbocycles. The summed E-state index contributed by atoms with van der Waals surface area (Å²) in [4.78, 5) is 13.2. The Morgan fingerprint density at radius 2 is 1.88 bits per heavy atom. The van der Waals surface area contributed by atoms with Crippen LogP contribution in [0.25, 0.3) is 11.4 Å². The molecule has 0 radical (unpaired) electrons. The molecule has 1 aromatic heterocycles. The van der Waals surface area contributed by atoms with Crippen molar-refractivity contribution in [2.24, 2.45) is 5.10 Å². The molecule has 0 aliphatic heterocycles. The number of hydrogen-bond donors (Lipinski definition) is 1. The third kappa shape index (κ3) is 4.57. The van der Waals surface area contributed by atoms with Gasteiger partial charge in [-0.1, -0.05) is 58.4 Å². The van der Waals surface area contributed by atoms with Gasteiger partial charge in [-0.05, 0) is 29.8 Å². The van der Waals surface area contributed by atoms with E-state index >= 15 is 0 Å². The highest BCUT2D eigenvalue weighted by atomic mass is 79.9. The minimum absolute atomic E-state index is 0.0586. The van der Waals surface area contributed by atoms with Crippen LogP contribution in [0.3, 0.4) is 0 Å². The van der Waals surface area contributed by atoms with Crippen molar-refractivity contribution in [3.63, 3.8) is 0 Å². The number of amides is 1. The molecule has 0 fully saturated rings. The maximum absolute atomic E-state index is 12.0. The van der Waals surface area contributed by atoms with Gasteiger partial charge in [-0.25, -0.2) is 5.43 Å². The number of benzene rings is 2. The molecule has 0 bridgehead atoms. The predicted octanol–water partition coefficient (Wildman–Crippen LogP) is 2.64. The van der Waals surface area contributed by atoms with Crippen molar-refractivity contribution in [3.8, 4) is 11.4 Å². The van der Waals surface area contributed by atoms with Crippen molar-refractivity contribution < 1.29 is 4.79 Å². The number of nitrogens with zero attached hydrogens (tertiary/aromatic N) is 5. The van der Waals surface area contributed by atoms with Gasteiger partial charge in [0.15, 0.2) is 0 Å². The molecule has 8 heteroatoms. The Labute approximate surface area is 152 Å². The van der Waals surface area contributed by atoms with E-state index in [4.69, 9.17) is 0 Å². The molecule has 3 aromatic rings. The molecule has 0 aliphatic carbocycles. The number of nitrogens with one attached hydrogen (secondary N) is 1. The highest BCUT2D eigenvalue weighted by molar-refractivity contribution is 9.10. The number of rotatable bonds is 5. The molecule has 2 aromatic carbocycles. The maximum atomic E-state index is 12.0. The first-order valence-corrected chi connectivity index (χ1v) is 8.33. The van der Waals surface area contributed by atoms with E-state index in [1.54, 1.807) is 0 Å². The maximum Gasteiger partial charge on any atom is 0.263 e. The fourth-order valence-corrected chi connectivity index (χ4v) is 2.34. The first-order valence-electron chi connectivity index (χ1n) is 7.54. The van der Waals surface area contributed by atoms with E-state index < -0.39 is 0 Å². The van der Waals surface area contributed by atoms with Crippen LogP contribution in [0.15, 0.2) is 64.2 Å². The first-order chi connectivity index (χ1) is 12.1. The van der Waals surface area contributed by atoms with E-state index in [-0.39, 0.29) is 12.5 Å². The molecule has 1 N–H and O–H groups in total. The summed E-state index contributed by atoms with van der Waals surface area (Å²) in [6, 6.07) is 17.1. The Morgan fingerprint density at radius 3 is 2.60 bits per heavy atom. The largest absolute Gasteiger partial charge is 0.271 e. The molecule has 7 nitrogen and oxygen atoms in total. The SMILES string of the molecule is C/C(=N/NC(=O)Cn1nnc(-c2ccccc2)n1)c1ccc(Br)cc1. The summed E-state index contributed by atoms with van der Waals surface area (Å²) < 4.78 is 0.986. The zero-order valence-electron chi connectivity index (χ0n) is 13.4. The van der Waals surface area contributed by atoms with Crippen LogP contribution in [0.2, 0.25) is 0 Å². The average molecular weight is 399 g/mol. The van der Waals surface area contributed by atoms with E-state index in [0.717, 1.165) is 15.6 Å². The Balaban J connectivity index is 1.60. The van der Waals surface area contributed by atoms with Crippen LogP contribution in [-0.4, -0.2) is 31.8 Å². The highest BCUT2D eigenvalue weighted by Gasteiger charge is 2.08. The fourth-order valence-electron chi connectivity index (χ4n) is 2.08. The average Bonchev–Trinajstić information content (AvgIpc) is 3.09. The number of aromatic nitrogens is 4. The molecule has 0 saturated heterocycles. The van der Waals surface area contributed by atoms with Gasteiger partial charge in [0.25, 0.3) is 5.91 Å². The highest BCUT2D eigenvalue weighted by Crippen LogP contribution is 2.12. The number of carbonyl (C=O) groups is 1. The summed E-state index contributed by atoms with van der Waals surface area (Å²) in [5.41, 5.74) is 4.98. The van der Waals surface area contributed by atoms with Gasteiger partial charge in [-0.2, -0.15) is 9.90 Å². The van der Waals surface area contributed by atoms with Crippen LogP contribution in [0.5, 0.6) is 0 Å². The Hall–Kier alpha value is -2.87. The predicted molar refractivity (Wildman–Crippen MR) is 97.7 cm³/mol. The summed E-state index contributed by atoms with van der Waals surface area (Å²) in [6.07, 6.45) is 0. The summed E-state index contributed by atoms with van der Waals surface area (Å²) in [5, 5.41) is 16.1. The van der Waals surface area contributed by atoms with Crippen molar-refractivity contribution >= 4 is 27.5 Å². The second-order valence-corrected chi connectivity index (χ2v) is 6.16. The van der Waals surface area contributed by atoms with Gasteiger partial charge in [0.05, 0.1) is 5.71 Å². The van der Waals surface area contributed by atoms with E-state index in [2.05, 4.69) is 41.9 Å². The minimum atomic E-state index is -0.325. The van der Waals surface area contributed by atoms with Gasteiger partial charge in [-0.15, -0.1) is 10.2 Å². The van der Waals surface area contributed by atoms with Gasteiger partial charge in [0.1, 0.15) is 6.54 Å². The number of hydrazone groups is 1. The Bertz CT molecular complexity index is 889. The smallest absolute Gasteiger partial charge is 0.263 e. The lowest BCUT2D eigenvalue weighted by atomic mass is 10.1. The molecule has 0 atom stereocenters. The molecule has 1 heterocycles. The third-order valence-electron chi connectivity index (χ3n) is 3.38. The molecular weight excluding hydrogens is 384 g/mol. The number of halogens is 1. The molecule has 1 amide bonds. The van der Waals surface area contributed by atoms with Crippen LogP contribution < -0.4 is 5.43 Å². The normalized spacial score (nSPS) is 11.4. The van der Waals surface area contributed by atoms with Crippen molar-refractivity contribution in [3.05, 3.63) is 64.6 Å². The summed E-state index contributed by atoms with van der Waals surface area (Å²) in [6.45, 7) is 1.77. The summed E-state index contributed by atoms with van der Waals surface area (Å²) in [7, 11) is 0. The lowest BCUT2D eigenvalue weighted by Gasteiger charge is -2.02. The van der Waals surface area contributed by atoms with E-state index in [9.17, 15) is 4.79 Å². The summed E-state index contributed by atoms with van der Waals surface area (Å²) >= 11 is 3.38. The van der Waals surface area contributed by atoms with Crippen LogP contribution >= 0.6 is 15.9 Å². The van der Waals surface area contributed by atoms with Crippen LogP contribution in [0.4, 0.5) is 0 Å². The minimum Gasteiger partial charge on any atom is -0.271 e. The van der Waals surface area contributed by atoms with Crippen molar-refractivity contribution in [2.45, 2.75) is 13.5 Å². The van der Waals surface area contributed by atoms with Crippen LogP contribution in [0, 0.1) is 0 Å². The Kier molecular flexibility index (Phi) is 5.30. The van der Waals surface area contributed by atoms with Gasteiger partial charge in [0.2, 0.25) is 5.82 Å². The van der Waals surface area contributed by atoms with Crippen molar-refractivity contribution in [2.75, 3.05) is 0 Å². The van der Waals surface area contributed by atoms with Gasteiger partial charge in [-0.3, -0.25) is 4.79 Å². The summed E-state index contributed by atoms with van der Waals surface area (Å²) in [5.74, 6) is 0.149. The van der Waals surface area contributed by atoms with Gasteiger partial charge >= 0.3 is 0 Å². The van der Waals surface area contributed by atoms with Crippen molar-refractivity contribution in [1.29, 1.82) is 0 Å². The number of hydrogen-bond acceptors (Lipinski definition) is 5. The molecule has 0 aliphatic rings. The molecule has 3 rings (SSSR count). The number of tetrazole rings is 1. The molecule has 126 valence electrons. The van der Waals surface area contributed by atoms with Gasteiger partial charge < -0.3 is 0 Å². The van der Waals surface area contributed by atoms with Crippen molar-refractivity contribution in [1.82, 2.24) is 25.6 Å². The second kappa shape index (κ2) is 7.80. The van der Waals surface area contributed by atoms with Crippen LogP contribution in [-0.2, 0) is 11.3 Å². The zero-order valence-corrected chi connectivity index (χ0v) is 15.0. The molecule has 0 unspecified atom stereocenters. The lowest BCUT2D eigenvalue weighted by molar-refractivity contribution is -0.122. The fraction of sp³-hybridized carbons (Fsp3) is 0.118. The first kappa shape index (κ1) is 17.0. The molecular formula is C17H15BrN6O. The monoisotopic (exact) mass is 398 g/mol. The van der Waals surface area contributed by atoms with E-state index in [1.807, 2.05) is 61.5 Å². The third-order valence-corrected chi connectivity index (χ3v) is 3.91. The van der Waals surface area contributed by atoms with E-state index in [1.165, 1.54) is 4.80 Å². The molecule has 0 spiro atoms. The van der Waals surface area contributed by atoms with Crippen LogP contribution in [0.1, 0.15) is 12.5 Å². The number of carbonyl (C=O) groups excluding carboxylic acids is 1. The standard InChI is InChI=1S/C17H15BrN6O/c1-12(13-7-9-15(18)10-8-13)19-20-16(25)11-24-22-17(21-23-24)14-5-3-2-4-6-14/h2-10H,11H2,1H3,(H,20,25)/b19-12-. The lowest BCUT2D eigenvalue weighted by Crippen LogP contribution is -2.25. The van der Waals surface area contributed by atoms with E-state index in [0.29, 0.717) is 11.5 Å². The zero-order chi connectivity index (χ0) is 17.6. The van der Waals surface area contributed by atoms with Gasteiger partial charge in [0, 0.05) is 10.0 Å². The quantitative estimate of drug-likeness (QED) is 0.528. The Morgan fingerprint density at radius 1 is 1.16 bits per heavy atom. The molecule has 25 heavy (non-hydrogen) atoms.